The molecule has 0 fully saturated rings. The molecule has 1 aromatic heterocycles. The Kier molecular flexibility index (Phi) is 3.13. The van der Waals surface area contributed by atoms with E-state index in [2.05, 4.69) is 14.9 Å². The second-order valence-corrected chi connectivity index (χ2v) is 4.08. The third kappa shape index (κ3) is 2.64. The van der Waals surface area contributed by atoms with Gasteiger partial charge < -0.3 is 5.32 Å². The SMILES string of the molecule is Fc1ccc(CNc2cnns2)cc1Cl. The predicted molar refractivity (Wildman–Crippen MR) is 58.6 cm³/mol. The lowest BCUT2D eigenvalue weighted by atomic mass is 10.2. The first-order valence-electron chi connectivity index (χ1n) is 4.21. The molecule has 2 rings (SSSR count). The Hall–Kier alpha value is -1.20. The number of hydrogen-bond acceptors (Lipinski definition) is 4. The van der Waals surface area contributed by atoms with Crippen LogP contribution in [0.5, 0.6) is 0 Å². The summed E-state index contributed by atoms with van der Waals surface area (Å²) >= 11 is 6.92. The van der Waals surface area contributed by atoms with Gasteiger partial charge in [-0.3, -0.25) is 0 Å². The number of aromatic nitrogens is 2. The van der Waals surface area contributed by atoms with Crippen LogP contribution in [0.2, 0.25) is 5.02 Å². The molecule has 0 spiro atoms. The molecular formula is C9H7ClFN3S. The monoisotopic (exact) mass is 243 g/mol. The standard InChI is InChI=1S/C9H7ClFN3S/c10-7-3-6(1-2-8(7)11)4-12-9-5-13-14-15-9/h1-3,5,12H,4H2. The van der Waals surface area contributed by atoms with E-state index in [1.807, 2.05) is 0 Å². The summed E-state index contributed by atoms with van der Waals surface area (Å²) in [6.45, 7) is 0.573. The van der Waals surface area contributed by atoms with Crippen molar-refractivity contribution in [2.75, 3.05) is 5.32 Å². The van der Waals surface area contributed by atoms with Gasteiger partial charge in [-0.1, -0.05) is 22.2 Å². The Labute approximate surface area is 95.1 Å². The number of halogens is 2. The van der Waals surface area contributed by atoms with Crippen LogP contribution in [0.1, 0.15) is 5.56 Å². The van der Waals surface area contributed by atoms with E-state index < -0.39 is 5.82 Å². The lowest BCUT2D eigenvalue weighted by Gasteiger charge is -2.03. The van der Waals surface area contributed by atoms with E-state index in [0.717, 1.165) is 10.6 Å². The maximum atomic E-state index is 12.8. The topological polar surface area (TPSA) is 37.8 Å². The molecular weight excluding hydrogens is 237 g/mol. The number of nitrogens with one attached hydrogen (secondary N) is 1. The van der Waals surface area contributed by atoms with Gasteiger partial charge in [-0.25, -0.2) is 4.39 Å². The number of anilines is 1. The van der Waals surface area contributed by atoms with Gasteiger partial charge in [0.05, 0.1) is 11.2 Å². The Balaban J connectivity index is 2.02. The van der Waals surface area contributed by atoms with E-state index in [1.54, 1.807) is 18.3 Å². The molecule has 78 valence electrons. The first kappa shape index (κ1) is 10.3. The van der Waals surface area contributed by atoms with Gasteiger partial charge in [-0.2, -0.15) is 0 Å². The highest BCUT2D eigenvalue weighted by molar-refractivity contribution is 7.09. The van der Waals surface area contributed by atoms with Crippen molar-refractivity contribution >= 4 is 28.1 Å². The zero-order valence-corrected chi connectivity index (χ0v) is 9.15. The van der Waals surface area contributed by atoms with Crippen molar-refractivity contribution in [3.63, 3.8) is 0 Å². The summed E-state index contributed by atoms with van der Waals surface area (Å²) in [6.07, 6.45) is 1.63. The largest absolute Gasteiger partial charge is 0.370 e. The zero-order chi connectivity index (χ0) is 10.7. The number of nitrogens with zero attached hydrogens (tertiary/aromatic N) is 2. The predicted octanol–water partition coefficient (Wildman–Crippen LogP) is 2.94. The summed E-state index contributed by atoms with van der Waals surface area (Å²) in [5, 5.41) is 7.79. The van der Waals surface area contributed by atoms with E-state index in [4.69, 9.17) is 11.6 Å². The average Bonchev–Trinajstić information content (AvgIpc) is 2.73. The van der Waals surface area contributed by atoms with Crippen LogP contribution < -0.4 is 5.32 Å². The summed E-state index contributed by atoms with van der Waals surface area (Å²) in [7, 11) is 0. The molecule has 0 saturated heterocycles. The van der Waals surface area contributed by atoms with Gasteiger partial charge in [0.2, 0.25) is 0 Å². The van der Waals surface area contributed by atoms with Crippen LogP contribution in [0.3, 0.4) is 0 Å². The lowest BCUT2D eigenvalue weighted by molar-refractivity contribution is 0.627. The smallest absolute Gasteiger partial charge is 0.141 e. The van der Waals surface area contributed by atoms with Gasteiger partial charge in [0.25, 0.3) is 0 Å². The van der Waals surface area contributed by atoms with Gasteiger partial charge >= 0.3 is 0 Å². The van der Waals surface area contributed by atoms with Crippen LogP contribution in [-0.2, 0) is 6.54 Å². The van der Waals surface area contributed by atoms with Gasteiger partial charge in [0, 0.05) is 18.1 Å². The van der Waals surface area contributed by atoms with E-state index >= 15 is 0 Å². The average molecular weight is 244 g/mol. The molecule has 0 amide bonds. The van der Waals surface area contributed by atoms with Crippen molar-refractivity contribution in [1.82, 2.24) is 9.59 Å². The maximum Gasteiger partial charge on any atom is 0.141 e. The van der Waals surface area contributed by atoms with E-state index in [0.29, 0.717) is 6.54 Å². The minimum atomic E-state index is -0.403. The van der Waals surface area contributed by atoms with Crippen LogP contribution in [0.25, 0.3) is 0 Å². The van der Waals surface area contributed by atoms with Crippen LogP contribution >= 0.6 is 23.1 Å². The molecule has 0 bridgehead atoms. The van der Waals surface area contributed by atoms with Crippen LogP contribution in [0.15, 0.2) is 24.4 Å². The molecule has 0 unspecified atom stereocenters. The summed E-state index contributed by atoms with van der Waals surface area (Å²) in [5.41, 5.74) is 0.912. The van der Waals surface area contributed by atoms with Gasteiger partial charge in [-0.05, 0) is 17.7 Å². The van der Waals surface area contributed by atoms with Crippen molar-refractivity contribution in [3.8, 4) is 0 Å². The van der Waals surface area contributed by atoms with E-state index in [9.17, 15) is 4.39 Å². The normalized spacial score (nSPS) is 10.3. The quantitative estimate of drug-likeness (QED) is 0.901. The summed E-state index contributed by atoms with van der Waals surface area (Å²) < 4.78 is 16.6. The molecule has 0 radical (unpaired) electrons. The van der Waals surface area contributed by atoms with Gasteiger partial charge in [0.1, 0.15) is 10.8 Å². The third-order valence-electron chi connectivity index (χ3n) is 1.81. The molecule has 0 aliphatic carbocycles. The fourth-order valence-corrected chi connectivity index (χ4v) is 1.70. The molecule has 6 heteroatoms. The summed E-state index contributed by atoms with van der Waals surface area (Å²) in [6, 6.07) is 4.63. The highest BCUT2D eigenvalue weighted by Gasteiger charge is 2.01. The van der Waals surface area contributed by atoms with Crippen molar-refractivity contribution in [3.05, 3.63) is 40.8 Å². The lowest BCUT2D eigenvalue weighted by Crippen LogP contribution is -1.97. The number of rotatable bonds is 3. The zero-order valence-electron chi connectivity index (χ0n) is 7.58. The Morgan fingerprint density at radius 1 is 1.47 bits per heavy atom. The molecule has 3 nitrogen and oxygen atoms in total. The molecule has 1 aromatic carbocycles. The molecule has 1 N–H and O–H groups in total. The first-order chi connectivity index (χ1) is 7.25. The molecule has 0 aliphatic rings. The minimum absolute atomic E-state index is 0.136. The fraction of sp³-hybridized carbons (Fsp3) is 0.111. The van der Waals surface area contributed by atoms with E-state index in [-0.39, 0.29) is 5.02 Å². The molecule has 0 saturated carbocycles. The minimum Gasteiger partial charge on any atom is -0.370 e. The Bertz CT molecular complexity index is 447. The fourth-order valence-electron chi connectivity index (χ4n) is 1.08. The number of hydrogen-bond donors (Lipinski definition) is 1. The highest BCUT2D eigenvalue weighted by atomic mass is 35.5. The second kappa shape index (κ2) is 4.55. The maximum absolute atomic E-state index is 12.8. The van der Waals surface area contributed by atoms with Crippen LogP contribution in [0.4, 0.5) is 9.39 Å². The van der Waals surface area contributed by atoms with E-state index in [1.165, 1.54) is 17.6 Å². The second-order valence-electron chi connectivity index (χ2n) is 2.88. The molecule has 0 aliphatic heterocycles. The van der Waals surface area contributed by atoms with Crippen molar-refractivity contribution in [2.24, 2.45) is 0 Å². The van der Waals surface area contributed by atoms with Gasteiger partial charge in [-0.15, -0.1) is 5.10 Å². The van der Waals surface area contributed by atoms with Crippen molar-refractivity contribution in [2.45, 2.75) is 6.54 Å². The van der Waals surface area contributed by atoms with Crippen molar-refractivity contribution in [1.29, 1.82) is 0 Å². The molecule has 0 atom stereocenters. The molecule has 2 aromatic rings. The third-order valence-corrected chi connectivity index (χ3v) is 2.72. The van der Waals surface area contributed by atoms with Crippen LogP contribution in [-0.4, -0.2) is 9.59 Å². The highest BCUT2D eigenvalue weighted by Crippen LogP contribution is 2.17. The van der Waals surface area contributed by atoms with Gasteiger partial charge in [0.15, 0.2) is 0 Å². The van der Waals surface area contributed by atoms with Crippen molar-refractivity contribution < 1.29 is 4.39 Å². The number of benzene rings is 1. The Morgan fingerprint density at radius 3 is 3.00 bits per heavy atom. The summed E-state index contributed by atoms with van der Waals surface area (Å²) in [4.78, 5) is 0. The first-order valence-corrected chi connectivity index (χ1v) is 5.36. The summed E-state index contributed by atoms with van der Waals surface area (Å²) in [5.74, 6) is -0.403. The molecule has 1 heterocycles. The van der Waals surface area contributed by atoms with Crippen LogP contribution in [0, 0.1) is 5.82 Å². The Morgan fingerprint density at radius 2 is 2.33 bits per heavy atom. The molecule has 15 heavy (non-hydrogen) atoms.